The zero-order chi connectivity index (χ0) is 16.4. The maximum absolute atomic E-state index is 11.8. The van der Waals surface area contributed by atoms with Gasteiger partial charge in [0.1, 0.15) is 6.61 Å². The fraction of sp³-hybridized carbons (Fsp3) is 0.400. The number of amides is 1. The first-order valence-corrected chi connectivity index (χ1v) is 6.87. The van der Waals surface area contributed by atoms with Gasteiger partial charge >= 0.3 is 11.9 Å². The van der Waals surface area contributed by atoms with Gasteiger partial charge in [-0.15, -0.1) is 0 Å². The fourth-order valence-corrected chi connectivity index (χ4v) is 1.54. The zero-order valence-corrected chi connectivity index (χ0v) is 12.6. The summed E-state index contributed by atoms with van der Waals surface area (Å²) < 4.78 is 14.5. The molecular weight excluding hydrogens is 290 g/mol. The molecule has 22 heavy (non-hydrogen) atoms. The molecule has 1 N–H and O–H groups in total. The van der Waals surface area contributed by atoms with Crippen molar-refractivity contribution in [1.29, 1.82) is 0 Å². The molecule has 0 radical (unpaired) electrons. The number of carbonyl (C=O) groups excluding carboxylic acids is 3. The van der Waals surface area contributed by atoms with E-state index in [9.17, 15) is 14.4 Å². The summed E-state index contributed by atoms with van der Waals surface area (Å²) in [5.74, 6) is -1.72. The van der Waals surface area contributed by atoms with Gasteiger partial charge in [-0.05, 0) is 26.0 Å². The first-order valence-electron chi connectivity index (χ1n) is 6.87. The Morgan fingerprint density at radius 2 is 1.73 bits per heavy atom. The minimum Gasteiger partial charge on any atom is -0.462 e. The number of hydrogen-bond donors (Lipinski definition) is 1. The normalized spacial score (nSPS) is 9.91. The van der Waals surface area contributed by atoms with Crippen LogP contribution in [0, 0.1) is 0 Å². The predicted molar refractivity (Wildman–Crippen MR) is 78.5 cm³/mol. The third-order valence-electron chi connectivity index (χ3n) is 2.48. The summed E-state index contributed by atoms with van der Waals surface area (Å²) in [4.78, 5) is 34.7. The molecule has 0 aliphatic heterocycles. The van der Waals surface area contributed by atoms with Crippen molar-refractivity contribution < 1.29 is 28.6 Å². The minimum absolute atomic E-state index is 0.205. The van der Waals surface area contributed by atoms with Crippen molar-refractivity contribution in [3.8, 4) is 0 Å². The van der Waals surface area contributed by atoms with E-state index in [1.165, 1.54) is 6.07 Å². The van der Waals surface area contributed by atoms with E-state index in [0.29, 0.717) is 12.3 Å². The van der Waals surface area contributed by atoms with Crippen LogP contribution in [0.4, 0.5) is 5.69 Å². The van der Waals surface area contributed by atoms with Crippen LogP contribution in [0.3, 0.4) is 0 Å². The topological polar surface area (TPSA) is 90.9 Å². The van der Waals surface area contributed by atoms with Gasteiger partial charge in [-0.3, -0.25) is 4.79 Å². The molecule has 0 saturated heterocycles. The van der Waals surface area contributed by atoms with Crippen molar-refractivity contribution in [1.82, 2.24) is 0 Å². The zero-order valence-electron chi connectivity index (χ0n) is 12.6. The Balaban J connectivity index is 2.57. The summed E-state index contributed by atoms with van der Waals surface area (Å²) in [6.07, 6.45) is 0. The van der Waals surface area contributed by atoms with Crippen molar-refractivity contribution in [2.45, 2.75) is 13.8 Å². The molecule has 0 bridgehead atoms. The van der Waals surface area contributed by atoms with Crippen molar-refractivity contribution in [2.24, 2.45) is 0 Å². The number of esters is 2. The molecule has 0 heterocycles. The Labute approximate surface area is 128 Å². The number of carbonyl (C=O) groups is 3. The minimum atomic E-state index is -0.629. The van der Waals surface area contributed by atoms with Gasteiger partial charge in [0.25, 0.3) is 5.91 Å². The van der Waals surface area contributed by atoms with Crippen LogP contribution in [-0.2, 0) is 23.8 Å². The molecule has 7 nitrogen and oxygen atoms in total. The third-order valence-corrected chi connectivity index (χ3v) is 2.48. The molecule has 1 aromatic carbocycles. The SMILES string of the molecule is CCOCC(=O)OCC(=O)Nc1ccccc1C(=O)OCC. The van der Waals surface area contributed by atoms with Crippen molar-refractivity contribution >= 4 is 23.5 Å². The molecule has 1 aromatic rings. The van der Waals surface area contributed by atoms with Gasteiger partial charge in [0, 0.05) is 6.61 Å². The molecule has 120 valence electrons. The van der Waals surface area contributed by atoms with E-state index in [2.05, 4.69) is 5.32 Å². The summed E-state index contributed by atoms with van der Waals surface area (Å²) in [5.41, 5.74) is 0.533. The first-order chi connectivity index (χ1) is 10.6. The van der Waals surface area contributed by atoms with Crippen LogP contribution in [0.15, 0.2) is 24.3 Å². The Hall–Kier alpha value is -2.41. The summed E-state index contributed by atoms with van der Waals surface area (Å²) in [6, 6.07) is 6.42. The standard InChI is InChI=1S/C15H19NO6/c1-3-20-10-14(18)22-9-13(17)16-12-8-6-5-7-11(12)15(19)21-4-2/h5-8H,3-4,9-10H2,1-2H3,(H,16,17). The monoisotopic (exact) mass is 309 g/mol. The molecule has 1 amide bonds. The number of rotatable bonds is 8. The Bertz CT molecular complexity index is 529. The fourth-order valence-electron chi connectivity index (χ4n) is 1.54. The van der Waals surface area contributed by atoms with E-state index in [4.69, 9.17) is 14.2 Å². The molecule has 0 unspecified atom stereocenters. The molecule has 0 fully saturated rings. The third kappa shape index (κ3) is 5.92. The van der Waals surface area contributed by atoms with Crippen LogP contribution < -0.4 is 5.32 Å². The number of benzene rings is 1. The van der Waals surface area contributed by atoms with Gasteiger partial charge in [0.05, 0.1) is 17.9 Å². The van der Waals surface area contributed by atoms with E-state index in [1.54, 1.807) is 32.0 Å². The number of anilines is 1. The molecule has 0 saturated carbocycles. The Morgan fingerprint density at radius 3 is 2.41 bits per heavy atom. The van der Waals surface area contributed by atoms with Crippen molar-refractivity contribution in [3.63, 3.8) is 0 Å². The summed E-state index contributed by atoms with van der Waals surface area (Å²) in [5, 5.41) is 2.50. The quantitative estimate of drug-likeness (QED) is 0.730. The van der Waals surface area contributed by atoms with E-state index in [0.717, 1.165) is 0 Å². The van der Waals surface area contributed by atoms with Crippen molar-refractivity contribution in [3.05, 3.63) is 29.8 Å². The highest BCUT2D eigenvalue weighted by Crippen LogP contribution is 2.16. The average molecular weight is 309 g/mol. The second kappa shape index (κ2) is 9.51. The van der Waals surface area contributed by atoms with E-state index < -0.39 is 24.5 Å². The maximum atomic E-state index is 11.8. The molecule has 1 rings (SSSR count). The molecule has 7 heteroatoms. The summed E-state index contributed by atoms with van der Waals surface area (Å²) in [7, 11) is 0. The lowest BCUT2D eigenvalue weighted by Gasteiger charge is -2.10. The highest BCUT2D eigenvalue weighted by Gasteiger charge is 2.14. The van der Waals surface area contributed by atoms with Crippen LogP contribution in [-0.4, -0.2) is 44.3 Å². The van der Waals surface area contributed by atoms with E-state index >= 15 is 0 Å². The molecule has 0 atom stereocenters. The molecular formula is C15H19NO6. The second-order valence-corrected chi connectivity index (χ2v) is 4.11. The van der Waals surface area contributed by atoms with Gasteiger partial charge in [-0.2, -0.15) is 0 Å². The van der Waals surface area contributed by atoms with Gasteiger partial charge < -0.3 is 19.5 Å². The molecule has 0 aromatic heterocycles. The van der Waals surface area contributed by atoms with E-state index in [1.807, 2.05) is 0 Å². The second-order valence-electron chi connectivity index (χ2n) is 4.11. The maximum Gasteiger partial charge on any atom is 0.340 e. The number of para-hydroxylation sites is 1. The van der Waals surface area contributed by atoms with Gasteiger partial charge in [0.2, 0.25) is 0 Å². The van der Waals surface area contributed by atoms with Crippen LogP contribution in [0.1, 0.15) is 24.2 Å². The Kier molecular flexibility index (Phi) is 7.63. The Morgan fingerprint density at radius 1 is 1.00 bits per heavy atom. The average Bonchev–Trinajstić information content (AvgIpc) is 2.51. The summed E-state index contributed by atoms with van der Waals surface area (Å²) in [6.45, 7) is 3.39. The highest BCUT2D eigenvalue weighted by molar-refractivity contribution is 6.01. The lowest BCUT2D eigenvalue weighted by Crippen LogP contribution is -2.24. The molecule has 0 aliphatic carbocycles. The summed E-state index contributed by atoms with van der Waals surface area (Å²) >= 11 is 0. The lowest BCUT2D eigenvalue weighted by atomic mass is 10.2. The largest absolute Gasteiger partial charge is 0.462 e. The smallest absolute Gasteiger partial charge is 0.340 e. The number of ether oxygens (including phenoxy) is 3. The predicted octanol–water partition coefficient (Wildman–Crippen LogP) is 1.38. The van der Waals surface area contributed by atoms with Crippen LogP contribution in [0.2, 0.25) is 0 Å². The van der Waals surface area contributed by atoms with Crippen molar-refractivity contribution in [2.75, 3.05) is 31.7 Å². The van der Waals surface area contributed by atoms with E-state index in [-0.39, 0.29) is 18.8 Å². The molecule has 0 aliphatic rings. The van der Waals surface area contributed by atoms with Gasteiger partial charge in [0.15, 0.2) is 6.61 Å². The first kappa shape index (κ1) is 17.6. The number of hydrogen-bond acceptors (Lipinski definition) is 6. The molecule has 0 spiro atoms. The highest BCUT2D eigenvalue weighted by atomic mass is 16.6. The lowest BCUT2D eigenvalue weighted by molar-refractivity contribution is -0.151. The van der Waals surface area contributed by atoms with Crippen LogP contribution >= 0.6 is 0 Å². The van der Waals surface area contributed by atoms with Gasteiger partial charge in [-0.25, -0.2) is 9.59 Å². The van der Waals surface area contributed by atoms with Crippen LogP contribution in [0.25, 0.3) is 0 Å². The van der Waals surface area contributed by atoms with Crippen LogP contribution in [0.5, 0.6) is 0 Å². The van der Waals surface area contributed by atoms with Gasteiger partial charge in [-0.1, -0.05) is 12.1 Å². The number of nitrogens with one attached hydrogen (secondary N) is 1.